The van der Waals surface area contributed by atoms with Crippen molar-refractivity contribution < 1.29 is 19.1 Å². The molecule has 0 saturated carbocycles. The fourth-order valence-electron chi connectivity index (χ4n) is 6.18. The Kier molecular flexibility index (Phi) is 7.03. The van der Waals surface area contributed by atoms with E-state index in [4.69, 9.17) is 20.2 Å². The normalized spacial score (nSPS) is 20.4. The molecule has 6 heterocycles. The summed E-state index contributed by atoms with van der Waals surface area (Å²) in [6, 6.07) is 3.97. The van der Waals surface area contributed by atoms with Crippen LogP contribution in [-0.2, 0) is 14.3 Å². The average Bonchev–Trinajstić information content (AvgIpc) is 3.69. The molecule has 0 spiro atoms. The van der Waals surface area contributed by atoms with Gasteiger partial charge in [-0.1, -0.05) is 6.07 Å². The lowest BCUT2D eigenvalue weighted by Gasteiger charge is -2.39. The molecule has 2 aliphatic rings. The van der Waals surface area contributed by atoms with E-state index in [-0.39, 0.29) is 42.1 Å². The molecular formula is C28H32N8O4. The minimum absolute atomic E-state index is 0.000316. The van der Waals surface area contributed by atoms with E-state index in [1.165, 1.54) is 11.4 Å². The molecule has 0 aliphatic carbocycles. The number of carbonyl (C=O) groups excluding carboxylic acids is 2. The van der Waals surface area contributed by atoms with Crippen LogP contribution in [0.3, 0.4) is 0 Å². The number of carbonyl (C=O) groups is 2. The van der Waals surface area contributed by atoms with E-state index < -0.39 is 0 Å². The van der Waals surface area contributed by atoms with Crippen LogP contribution >= 0.6 is 0 Å². The number of nitrogen functional groups attached to an aromatic ring is 1. The second kappa shape index (κ2) is 10.8. The van der Waals surface area contributed by atoms with Gasteiger partial charge in [0.25, 0.3) is 0 Å². The van der Waals surface area contributed by atoms with Gasteiger partial charge in [-0.05, 0) is 38.7 Å². The van der Waals surface area contributed by atoms with Crippen LogP contribution in [-0.4, -0.2) is 85.2 Å². The molecule has 1 amide bonds. The Morgan fingerprint density at radius 2 is 1.93 bits per heavy atom. The predicted molar refractivity (Wildman–Crippen MR) is 147 cm³/mol. The topological polar surface area (TPSA) is 154 Å². The van der Waals surface area contributed by atoms with Gasteiger partial charge in [0.15, 0.2) is 17.3 Å². The Labute approximate surface area is 230 Å². The number of aromatic nitrogens is 6. The van der Waals surface area contributed by atoms with Crippen molar-refractivity contribution in [3.8, 4) is 22.6 Å². The highest BCUT2D eigenvalue weighted by molar-refractivity contribution is 6.00. The van der Waals surface area contributed by atoms with E-state index in [9.17, 15) is 9.59 Å². The van der Waals surface area contributed by atoms with Gasteiger partial charge in [-0.2, -0.15) is 9.61 Å². The molecule has 4 aromatic heterocycles. The van der Waals surface area contributed by atoms with Crippen molar-refractivity contribution in [3.63, 3.8) is 0 Å². The highest BCUT2D eigenvalue weighted by Gasteiger charge is 2.44. The lowest BCUT2D eigenvalue weighted by Crippen LogP contribution is -2.47. The number of H-pyrrole nitrogens is 1. The molecule has 0 unspecified atom stereocenters. The zero-order valence-electron chi connectivity index (χ0n) is 22.5. The summed E-state index contributed by atoms with van der Waals surface area (Å²) in [6.07, 6.45) is 10.2. The molecule has 0 aromatic carbocycles. The number of nitrogens with zero attached hydrogens (tertiary/aromatic N) is 6. The highest BCUT2D eigenvalue weighted by Crippen LogP contribution is 2.44. The summed E-state index contributed by atoms with van der Waals surface area (Å²) in [4.78, 5) is 44.7. The van der Waals surface area contributed by atoms with Crippen molar-refractivity contribution in [2.75, 3.05) is 32.7 Å². The van der Waals surface area contributed by atoms with E-state index in [1.807, 2.05) is 17.0 Å². The summed E-state index contributed by atoms with van der Waals surface area (Å²) in [5, 5.41) is 4.47. The standard InChI is InChI=1S/C28H32N8O4/c1-16(37)24-25(18-11-19-4-5-20(12-18)35(19)23(38)15-40-10-9-39-2)34-28-21(14-33-36(28)26(24)29)17-3-6-22(32-13-17)27-30-7-8-31-27/h3,6-8,13-14,18-20H,4-5,9-12,15,29H2,1-2H3,(H,30,31)/t19-,20-/m1/s1. The maximum Gasteiger partial charge on any atom is 0.249 e. The summed E-state index contributed by atoms with van der Waals surface area (Å²) in [5.41, 5.74) is 10.5. The Hall–Kier alpha value is -4.16. The van der Waals surface area contributed by atoms with E-state index in [0.29, 0.717) is 48.8 Å². The van der Waals surface area contributed by atoms with Gasteiger partial charge in [0.2, 0.25) is 5.91 Å². The van der Waals surface area contributed by atoms with Crippen LogP contribution in [0, 0.1) is 0 Å². The fraction of sp³-hybridized carbons (Fsp3) is 0.429. The molecule has 6 rings (SSSR count). The highest BCUT2D eigenvalue weighted by atomic mass is 16.5. The first-order chi connectivity index (χ1) is 19.5. The van der Waals surface area contributed by atoms with Gasteiger partial charge < -0.3 is 25.1 Å². The van der Waals surface area contributed by atoms with Gasteiger partial charge >= 0.3 is 0 Å². The molecule has 12 nitrogen and oxygen atoms in total. The number of nitrogens with two attached hydrogens (primary N) is 1. The molecule has 2 saturated heterocycles. The Balaban J connectivity index is 1.31. The van der Waals surface area contributed by atoms with Crippen molar-refractivity contribution in [1.82, 2.24) is 34.4 Å². The van der Waals surface area contributed by atoms with Crippen molar-refractivity contribution in [2.45, 2.75) is 50.6 Å². The molecule has 2 aliphatic heterocycles. The van der Waals surface area contributed by atoms with E-state index in [2.05, 4.69) is 20.1 Å². The van der Waals surface area contributed by atoms with Gasteiger partial charge in [-0.15, -0.1) is 0 Å². The molecule has 2 fully saturated rings. The first-order valence-corrected chi connectivity index (χ1v) is 13.5. The molecule has 12 heteroatoms. The van der Waals surface area contributed by atoms with Crippen LogP contribution in [0.25, 0.3) is 28.3 Å². The molecule has 4 aromatic rings. The number of rotatable bonds is 9. The molecule has 2 atom stereocenters. The monoisotopic (exact) mass is 544 g/mol. The third-order valence-electron chi connectivity index (χ3n) is 7.94. The smallest absolute Gasteiger partial charge is 0.249 e. The first kappa shape index (κ1) is 26.1. The number of methoxy groups -OCH3 is 1. The minimum atomic E-state index is -0.152. The quantitative estimate of drug-likeness (QED) is 0.239. The summed E-state index contributed by atoms with van der Waals surface area (Å²) in [5.74, 6) is 0.796. The molecule has 2 bridgehead atoms. The molecule has 208 valence electrons. The van der Waals surface area contributed by atoms with Gasteiger partial charge in [0.05, 0.1) is 30.7 Å². The van der Waals surface area contributed by atoms with Gasteiger partial charge in [0, 0.05) is 54.8 Å². The largest absolute Gasteiger partial charge is 0.383 e. The van der Waals surface area contributed by atoms with E-state index in [1.54, 1.807) is 31.9 Å². The summed E-state index contributed by atoms with van der Waals surface area (Å²) in [7, 11) is 1.60. The number of ether oxygens (including phenoxy) is 2. The summed E-state index contributed by atoms with van der Waals surface area (Å²) < 4.78 is 12.0. The number of fused-ring (bicyclic) bond motifs is 3. The van der Waals surface area contributed by atoms with Gasteiger partial charge in [-0.3, -0.25) is 14.6 Å². The average molecular weight is 545 g/mol. The van der Waals surface area contributed by atoms with Crippen LogP contribution in [0.15, 0.2) is 36.9 Å². The number of imidazole rings is 1. The number of hydrogen-bond donors (Lipinski definition) is 2. The minimum Gasteiger partial charge on any atom is -0.383 e. The fourth-order valence-corrected chi connectivity index (χ4v) is 6.18. The maximum absolute atomic E-state index is 13.0. The number of piperidine rings is 1. The van der Waals surface area contributed by atoms with Crippen LogP contribution in [0.1, 0.15) is 54.6 Å². The number of amides is 1. The number of anilines is 1. The van der Waals surface area contributed by atoms with Crippen molar-refractivity contribution in [1.29, 1.82) is 0 Å². The van der Waals surface area contributed by atoms with Crippen LogP contribution in [0.2, 0.25) is 0 Å². The number of aromatic amines is 1. The van der Waals surface area contributed by atoms with Crippen molar-refractivity contribution in [3.05, 3.63) is 48.2 Å². The second-order valence-electron chi connectivity index (χ2n) is 10.4. The van der Waals surface area contributed by atoms with Crippen LogP contribution in [0.5, 0.6) is 0 Å². The Morgan fingerprint density at radius 3 is 2.58 bits per heavy atom. The van der Waals surface area contributed by atoms with Crippen molar-refractivity contribution >= 4 is 23.2 Å². The maximum atomic E-state index is 13.0. The van der Waals surface area contributed by atoms with Gasteiger partial charge in [0.1, 0.15) is 18.1 Å². The zero-order chi connectivity index (χ0) is 27.8. The Morgan fingerprint density at radius 1 is 1.12 bits per heavy atom. The zero-order valence-corrected chi connectivity index (χ0v) is 22.5. The summed E-state index contributed by atoms with van der Waals surface area (Å²) >= 11 is 0. The predicted octanol–water partition coefficient (Wildman–Crippen LogP) is 2.87. The number of pyridine rings is 1. The number of hydrogen-bond acceptors (Lipinski definition) is 9. The molecule has 3 N–H and O–H groups in total. The SMILES string of the molecule is COCCOCC(=O)N1[C@@H]2CC[C@@H]1CC(c1nc3c(-c4ccc(-c5ncc[nH]5)nc4)cnn3c(N)c1C(C)=O)C2. The van der Waals surface area contributed by atoms with Crippen molar-refractivity contribution in [2.24, 2.45) is 0 Å². The molecule has 0 radical (unpaired) electrons. The van der Waals surface area contributed by atoms with Crippen LogP contribution in [0.4, 0.5) is 5.82 Å². The van der Waals surface area contributed by atoms with Gasteiger partial charge in [-0.25, -0.2) is 9.97 Å². The van der Waals surface area contributed by atoms with E-state index in [0.717, 1.165) is 29.7 Å². The van der Waals surface area contributed by atoms with Crippen LogP contribution < -0.4 is 5.73 Å². The number of ketones is 1. The number of nitrogens with one attached hydrogen (secondary N) is 1. The molecule has 40 heavy (non-hydrogen) atoms. The van der Waals surface area contributed by atoms with E-state index >= 15 is 0 Å². The molecular weight excluding hydrogens is 512 g/mol. The lowest BCUT2D eigenvalue weighted by molar-refractivity contribution is -0.141. The Bertz CT molecular complexity index is 1520. The lowest BCUT2D eigenvalue weighted by atomic mass is 9.85. The summed E-state index contributed by atoms with van der Waals surface area (Å²) in [6.45, 7) is 2.39. The number of Topliss-reactive ketones (excluding diaryl/α,β-unsaturated/α-hetero) is 1. The first-order valence-electron chi connectivity index (χ1n) is 13.5. The second-order valence-corrected chi connectivity index (χ2v) is 10.4. The third-order valence-corrected chi connectivity index (χ3v) is 7.94. The third kappa shape index (κ3) is 4.62.